The third-order valence-electron chi connectivity index (χ3n) is 4.25. The van der Waals surface area contributed by atoms with E-state index in [0.29, 0.717) is 23.5 Å². The number of nitrogens with one attached hydrogen (secondary N) is 1. The van der Waals surface area contributed by atoms with Crippen molar-refractivity contribution < 1.29 is 19.1 Å². The highest BCUT2D eigenvalue weighted by molar-refractivity contribution is 6.00. The number of ether oxygens (including phenoxy) is 1. The number of esters is 1. The third-order valence-corrected chi connectivity index (χ3v) is 4.25. The fraction of sp³-hybridized carbons (Fsp3) is 0.333. The zero-order valence-corrected chi connectivity index (χ0v) is 14.9. The lowest BCUT2D eigenvalue weighted by atomic mass is 10.2. The van der Waals surface area contributed by atoms with Crippen molar-refractivity contribution in [3.8, 4) is 5.69 Å². The van der Waals surface area contributed by atoms with E-state index in [1.165, 1.54) is 6.92 Å². The van der Waals surface area contributed by atoms with E-state index in [1.807, 2.05) is 30.3 Å². The van der Waals surface area contributed by atoms with Crippen LogP contribution in [-0.2, 0) is 9.53 Å². The Bertz CT molecular complexity index is 860. The van der Waals surface area contributed by atoms with Gasteiger partial charge in [-0.15, -0.1) is 0 Å². The van der Waals surface area contributed by atoms with Gasteiger partial charge in [-0.2, -0.15) is 5.10 Å². The Morgan fingerprint density at radius 1 is 1.23 bits per heavy atom. The summed E-state index contributed by atoms with van der Waals surface area (Å²) in [6.07, 6.45) is -1.06. The van der Waals surface area contributed by atoms with Crippen molar-refractivity contribution in [2.45, 2.75) is 26.9 Å². The van der Waals surface area contributed by atoms with Crippen molar-refractivity contribution >= 4 is 17.9 Å². The summed E-state index contributed by atoms with van der Waals surface area (Å²) in [5, 5.41) is 6.94. The van der Waals surface area contributed by atoms with Crippen LogP contribution in [0.5, 0.6) is 0 Å². The maximum Gasteiger partial charge on any atom is 0.342 e. The van der Waals surface area contributed by atoms with Crippen LogP contribution in [0.15, 0.2) is 30.3 Å². The molecule has 2 aromatic rings. The number of amides is 3. The molecule has 8 heteroatoms. The molecule has 0 radical (unpaired) electrons. The van der Waals surface area contributed by atoms with Crippen molar-refractivity contribution in [1.82, 2.24) is 20.0 Å². The molecule has 1 aliphatic rings. The molecular formula is C18H20N4O4. The van der Waals surface area contributed by atoms with E-state index in [9.17, 15) is 14.4 Å². The number of hydrogen-bond acceptors (Lipinski definition) is 5. The standard InChI is InChI=1S/C18H20N4O4/c1-11-15(12(2)22(20-11)14-7-5-4-6-8-14)17(24)26-13(3)16(23)21-10-9-19-18(21)25/h4-8,13H,9-10H2,1-3H3,(H,19,25)/t13-/m0/s1. The molecule has 3 rings (SSSR count). The lowest BCUT2D eigenvalue weighted by Crippen LogP contribution is -2.41. The summed E-state index contributed by atoms with van der Waals surface area (Å²) < 4.78 is 6.97. The Balaban J connectivity index is 1.79. The first-order chi connectivity index (χ1) is 12.4. The second-order valence-electron chi connectivity index (χ2n) is 6.06. The zero-order valence-electron chi connectivity index (χ0n) is 14.9. The number of hydrogen-bond donors (Lipinski definition) is 1. The lowest BCUT2D eigenvalue weighted by Gasteiger charge is -2.18. The van der Waals surface area contributed by atoms with Crippen LogP contribution < -0.4 is 5.32 Å². The van der Waals surface area contributed by atoms with Gasteiger partial charge in [0.05, 0.1) is 17.1 Å². The minimum Gasteiger partial charge on any atom is -0.449 e. The number of nitrogens with zero attached hydrogens (tertiary/aromatic N) is 3. The number of benzene rings is 1. The second kappa shape index (κ2) is 6.99. The molecule has 0 spiro atoms. The minimum absolute atomic E-state index is 0.267. The average Bonchev–Trinajstić information content (AvgIpc) is 3.17. The molecule has 26 heavy (non-hydrogen) atoms. The van der Waals surface area contributed by atoms with E-state index < -0.39 is 24.0 Å². The molecule has 1 aliphatic heterocycles. The first-order valence-electron chi connectivity index (χ1n) is 8.32. The number of rotatable bonds is 4. The molecule has 1 aromatic carbocycles. The van der Waals surface area contributed by atoms with Crippen molar-refractivity contribution in [3.63, 3.8) is 0 Å². The van der Waals surface area contributed by atoms with Crippen LogP contribution in [0.25, 0.3) is 5.69 Å². The van der Waals surface area contributed by atoms with Gasteiger partial charge >= 0.3 is 12.0 Å². The predicted octanol–water partition coefficient (Wildman–Crippen LogP) is 1.59. The van der Waals surface area contributed by atoms with Crippen molar-refractivity contribution in [2.75, 3.05) is 13.1 Å². The van der Waals surface area contributed by atoms with Crippen molar-refractivity contribution in [3.05, 3.63) is 47.3 Å². The zero-order chi connectivity index (χ0) is 18.8. The van der Waals surface area contributed by atoms with Gasteiger partial charge in [-0.1, -0.05) is 18.2 Å². The van der Waals surface area contributed by atoms with Crippen LogP contribution in [-0.4, -0.2) is 51.8 Å². The van der Waals surface area contributed by atoms with Crippen LogP contribution in [0.4, 0.5) is 4.79 Å². The highest BCUT2D eigenvalue weighted by Crippen LogP contribution is 2.19. The normalized spacial score (nSPS) is 14.9. The summed E-state index contributed by atoms with van der Waals surface area (Å²) >= 11 is 0. The Kier molecular flexibility index (Phi) is 4.75. The summed E-state index contributed by atoms with van der Waals surface area (Å²) in [6, 6.07) is 8.95. The molecule has 1 atom stereocenters. The van der Waals surface area contributed by atoms with Gasteiger partial charge in [0, 0.05) is 13.1 Å². The molecule has 0 unspecified atom stereocenters. The van der Waals surface area contributed by atoms with Crippen molar-refractivity contribution in [1.29, 1.82) is 0 Å². The van der Waals surface area contributed by atoms with Gasteiger partial charge in [0.25, 0.3) is 5.91 Å². The number of para-hydroxylation sites is 1. The Morgan fingerprint density at radius 2 is 1.92 bits per heavy atom. The van der Waals surface area contributed by atoms with Gasteiger partial charge in [0.15, 0.2) is 6.10 Å². The molecule has 1 aromatic heterocycles. The largest absolute Gasteiger partial charge is 0.449 e. The molecule has 3 amide bonds. The molecular weight excluding hydrogens is 336 g/mol. The fourth-order valence-corrected chi connectivity index (χ4v) is 2.93. The maximum atomic E-state index is 12.6. The van der Waals surface area contributed by atoms with Gasteiger partial charge in [-0.3, -0.25) is 9.69 Å². The number of carbonyl (C=O) groups is 3. The fourth-order valence-electron chi connectivity index (χ4n) is 2.93. The Hall–Kier alpha value is -3.16. The van der Waals surface area contributed by atoms with E-state index in [2.05, 4.69) is 10.4 Å². The molecule has 0 saturated carbocycles. The molecule has 8 nitrogen and oxygen atoms in total. The highest BCUT2D eigenvalue weighted by atomic mass is 16.5. The van der Waals surface area contributed by atoms with Gasteiger partial charge in [-0.25, -0.2) is 14.3 Å². The van der Waals surface area contributed by atoms with Crippen molar-refractivity contribution in [2.24, 2.45) is 0 Å². The molecule has 1 fully saturated rings. The smallest absolute Gasteiger partial charge is 0.342 e. The highest BCUT2D eigenvalue weighted by Gasteiger charge is 2.32. The van der Waals surface area contributed by atoms with E-state index in [-0.39, 0.29) is 6.54 Å². The molecule has 1 N–H and O–H groups in total. The van der Waals surface area contributed by atoms with E-state index in [4.69, 9.17) is 4.74 Å². The third kappa shape index (κ3) is 3.17. The first-order valence-corrected chi connectivity index (χ1v) is 8.32. The molecule has 1 saturated heterocycles. The summed E-state index contributed by atoms with van der Waals surface area (Å²) in [5.74, 6) is -1.18. The number of imide groups is 1. The summed E-state index contributed by atoms with van der Waals surface area (Å²) in [4.78, 5) is 37.5. The van der Waals surface area contributed by atoms with E-state index in [0.717, 1.165) is 10.6 Å². The monoisotopic (exact) mass is 356 g/mol. The SMILES string of the molecule is Cc1nn(-c2ccccc2)c(C)c1C(=O)O[C@@H](C)C(=O)N1CCNC1=O. The molecule has 0 aliphatic carbocycles. The van der Waals surface area contributed by atoms with E-state index in [1.54, 1.807) is 18.5 Å². The number of carbonyl (C=O) groups excluding carboxylic acids is 3. The Labute approximate surface area is 150 Å². The summed E-state index contributed by atoms with van der Waals surface area (Å²) in [7, 11) is 0. The van der Waals surface area contributed by atoms with E-state index >= 15 is 0 Å². The van der Waals surface area contributed by atoms with Crippen LogP contribution in [0.2, 0.25) is 0 Å². The average molecular weight is 356 g/mol. The number of aromatic nitrogens is 2. The Morgan fingerprint density at radius 3 is 2.54 bits per heavy atom. The van der Waals surface area contributed by atoms with Crippen LogP contribution >= 0.6 is 0 Å². The summed E-state index contributed by atoms with van der Waals surface area (Å²) in [6.45, 7) is 5.60. The van der Waals surface area contributed by atoms with Crippen LogP contribution in [0.3, 0.4) is 0 Å². The first kappa shape index (κ1) is 17.7. The topological polar surface area (TPSA) is 93.5 Å². The molecule has 0 bridgehead atoms. The van der Waals surface area contributed by atoms with Gasteiger partial charge in [0.1, 0.15) is 5.56 Å². The summed E-state index contributed by atoms with van der Waals surface area (Å²) in [5.41, 5.74) is 2.27. The predicted molar refractivity (Wildman–Crippen MR) is 93.0 cm³/mol. The number of urea groups is 1. The van der Waals surface area contributed by atoms with Gasteiger partial charge in [0.2, 0.25) is 0 Å². The molecule has 2 heterocycles. The van der Waals surface area contributed by atoms with Crippen LogP contribution in [0, 0.1) is 13.8 Å². The second-order valence-corrected chi connectivity index (χ2v) is 6.06. The minimum atomic E-state index is -1.06. The van der Waals surface area contributed by atoms with Gasteiger partial charge in [-0.05, 0) is 32.9 Å². The quantitative estimate of drug-likeness (QED) is 0.840. The maximum absolute atomic E-state index is 12.6. The number of aryl methyl sites for hydroxylation is 1. The van der Waals surface area contributed by atoms with Gasteiger partial charge < -0.3 is 10.1 Å². The van der Waals surface area contributed by atoms with Crippen LogP contribution in [0.1, 0.15) is 28.7 Å². The lowest BCUT2D eigenvalue weighted by molar-refractivity contribution is -0.136. The molecule has 136 valence electrons.